The Morgan fingerprint density at radius 1 is 1.07 bits per heavy atom. The lowest BCUT2D eigenvalue weighted by Gasteiger charge is -2.31. The summed E-state index contributed by atoms with van der Waals surface area (Å²) < 4.78 is 39.2. The number of carbonyl (C=O) groups excluding carboxylic acids is 1. The van der Waals surface area contributed by atoms with Crippen molar-refractivity contribution in [2.24, 2.45) is 5.92 Å². The molecule has 2 aromatic rings. The molecule has 148 valence electrons. The largest absolute Gasteiger partial charge is 0.331 e. The van der Waals surface area contributed by atoms with Crippen LogP contribution in [0.3, 0.4) is 0 Å². The molecule has 1 fully saturated rings. The molecule has 2 amide bonds. The van der Waals surface area contributed by atoms with Crippen molar-refractivity contribution in [1.29, 1.82) is 0 Å². The topological polar surface area (TPSA) is 66.5 Å². The number of likely N-dealkylation sites (tertiary alicyclic amines) is 1. The SMILES string of the molecule is O=C(NS(=O)(=O)/C=C/c1ccc(F)cc1)N1CCC(Cc2ccccc2)CC1. The van der Waals surface area contributed by atoms with Gasteiger partial charge in [-0.2, -0.15) is 0 Å². The van der Waals surface area contributed by atoms with Crippen molar-refractivity contribution in [2.45, 2.75) is 19.3 Å². The maximum Gasteiger partial charge on any atom is 0.331 e. The van der Waals surface area contributed by atoms with Crippen LogP contribution in [0.1, 0.15) is 24.0 Å². The summed E-state index contributed by atoms with van der Waals surface area (Å²) >= 11 is 0. The minimum atomic E-state index is -3.92. The van der Waals surface area contributed by atoms with Gasteiger partial charge in [-0.3, -0.25) is 0 Å². The summed E-state index contributed by atoms with van der Waals surface area (Å²) in [7, 11) is -3.92. The first-order chi connectivity index (χ1) is 13.4. The second kappa shape index (κ2) is 9.01. The van der Waals surface area contributed by atoms with Gasteiger partial charge in [0, 0.05) is 13.1 Å². The van der Waals surface area contributed by atoms with Crippen LogP contribution in [-0.2, 0) is 16.4 Å². The van der Waals surface area contributed by atoms with Gasteiger partial charge < -0.3 is 4.90 Å². The van der Waals surface area contributed by atoms with E-state index in [1.807, 2.05) is 18.2 Å². The van der Waals surface area contributed by atoms with Crippen LogP contribution in [0, 0.1) is 11.7 Å². The van der Waals surface area contributed by atoms with Gasteiger partial charge in [-0.1, -0.05) is 42.5 Å². The van der Waals surface area contributed by atoms with Crippen LogP contribution in [0.15, 0.2) is 60.0 Å². The lowest BCUT2D eigenvalue weighted by Crippen LogP contribution is -2.46. The summed E-state index contributed by atoms with van der Waals surface area (Å²) in [6.07, 6.45) is 3.97. The van der Waals surface area contributed by atoms with Gasteiger partial charge >= 0.3 is 6.03 Å². The maximum atomic E-state index is 12.9. The molecular weight excluding hydrogens is 379 g/mol. The highest BCUT2D eigenvalue weighted by molar-refractivity contribution is 7.93. The molecule has 28 heavy (non-hydrogen) atoms. The third-order valence-corrected chi connectivity index (χ3v) is 5.76. The van der Waals surface area contributed by atoms with Crippen molar-refractivity contribution in [3.05, 3.63) is 76.9 Å². The molecule has 1 aliphatic heterocycles. The molecule has 0 aliphatic carbocycles. The van der Waals surface area contributed by atoms with Crippen LogP contribution in [0.4, 0.5) is 9.18 Å². The molecule has 0 spiro atoms. The molecule has 1 saturated heterocycles. The normalized spacial score (nSPS) is 15.7. The fourth-order valence-corrected chi connectivity index (χ4v) is 4.03. The van der Waals surface area contributed by atoms with Crippen molar-refractivity contribution in [2.75, 3.05) is 13.1 Å². The zero-order valence-corrected chi connectivity index (χ0v) is 16.2. The summed E-state index contributed by atoms with van der Waals surface area (Å²) in [5.41, 5.74) is 1.81. The predicted molar refractivity (Wildman–Crippen MR) is 107 cm³/mol. The summed E-state index contributed by atoms with van der Waals surface area (Å²) in [5, 5.41) is 0.917. The number of piperidine rings is 1. The molecule has 0 atom stereocenters. The highest BCUT2D eigenvalue weighted by Crippen LogP contribution is 2.21. The quantitative estimate of drug-likeness (QED) is 0.827. The Labute approximate surface area is 164 Å². The predicted octanol–water partition coefficient (Wildman–Crippen LogP) is 3.79. The van der Waals surface area contributed by atoms with E-state index in [0.29, 0.717) is 24.6 Å². The van der Waals surface area contributed by atoms with Crippen LogP contribution in [0.25, 0.3) is 6.08 Å². The van der Waals surface area contributed by atoms with Gasteiger partial charge in [0.05, 0.1) is 5.41 Å². The number of rotatable bonds is 5. The van der Waals surface area contributed by atoms with Crippen LogP contribution < -0.4 is 4.72 Å². The first-order valence-electron chi connectivity index (χ1n) is 9.20. The fourth-order valence-electron chi connectivity index (χ4n) is 3.25. The second-order valence-electron chi connectivity index (χ2n) is 6.93. The summed E-state index contributed by atoms with van der Waals surface area (Å²) in [6, 6.07) is 15.0. The van der Waals surface area contributed by atoms with Gasteiger partial charge in [-0.25, -0.2) is 22.3 Å². The number of sulfonamides is 1. The number of nitrogens with one attached hydrogen (secondary N) is 1. The minimum Gasteiger partial charge on any atom is -0.324 e. The first kappa shape index (κ1) is 20.1. The Bertz CT molecular complexity index is 920. The Kier molecular flexibility index (Phi) is 6.46. The third-order valence-electron chi connectivity index (χ3n) is 4.81. The van der Waals surface area contributed by atoms with Crippen molar-refractivity contribution in [1.82, 2.24) is 9.62 Å². The zero-order valence-electron chi connectivity index (χ0n) is 15.4. The van der Waals surface area contributed by atoms with E-state index < -0.39 is 21.9 Å². The standard InChI is InChI=1S/C21H23FN2O3S/c22-20-8-6-17(7-9-20)12-15-28(26,27)23-21(25)24-13-10-19(11-14-24)16-18-4-2-1-3-5-18/h1-9,12,15,19H,10-11,13-14,16H2,(H,23,25)/b15-12+. The highest BCUT2D eigenvalue weighted by atomic mass is 32.2. The number of benzene rings is 2. The van der Waals surface area contributed by atoms with E-state index >= 15 is 0 Å². The van der Waals surface area contributed by atoms with Crippen molar-refractivity contribution >= 4 is 22.1 Å². The van der Waals surface area contributed by atoms with E-state index in [9.17, 15) is 17.6 Å². The molecular formula is C21H23FN2O3S. The van der Waals surface area contributed by atoms with E-state index in [2.05, 4.69) is 16.9 Å². The Morgan fingerprint density at radius 3 is 2.36 bits per heavy atom. The van der Waals surface area contributed by atoms with E-state index in [1.165, 1.54) is 40.8 Å². The first-order valence-corrected chi connectivity index (χ1v) is 10.8. The van der Waals surface area contributed by atoms with Crippen LogP contribution in [0.2, 0.25) is 0 Å². The van der Waals surface area contributed by atoms with Crippen LogP contribution in [0.5, 0.6) is 0 Å². The molecule has 0 bridgehead atoms. The Morgan fingerprint density at radius 2 is 1.71 bits per heavy atom. The van der Waals surface area contributed by atoms with E-state index in [0.717, 1.165) is 24.7 Å². The zero-order chi connectivity index (χ0) is 20.0. The fraction of sp³-hybridized carbons (Fsp3) is 0.286. The number of urea groups is 1. The molecule has 3 rings (SSSR count). The molecule has 0 aromatic heterocycles. The number of hydrogen-bond donors (Lipinski definition) is 1. The molecule has 7 heteroatoms. The lowest BCUT2D eigenvalue weighted by atomic mass is 9.90. The number of hydrogen-bond acceptors (Lipinski definition) is 3. The highest BCUT2D eigenvalue weighted by Gasteiger charge is 2.24. The molecule has 5 nitrogen and oxygen atoms in total. The molecule has 1 aliphatic rings. The maximum absolute atomic E-state index is 12.9. The van der Waals surface area contributed by atoms with Gasteiger partial charge in [0.15, 0.2) is 0 Å². The Hall–Kier alpha value is -2.67. The average Bonchev–Trinajstić information content (AvgIpc) is 2.68. The molecule has 0 unspecified atom stereocenters. The van der Waals surface area contributed by atoms with Gasteiger partial charge in [0.25, 0.3) is 10.0 Å². The number of nitrogens with zero attached hydrogens (tertiary/aromatic N) is 1. The number of amides is 2. The third kappa shape index (κ3) is 5.92. The van der Waals surface area contributed by atoms with Gasteiger partial charge in [0.2, 0.25) is 0 Å². The van der Waals surface area contributed by atoms with Crippen molar-refractivity contribution in [3.8, 4) is 0 Å². The average molecular weight is 402 g/mol. The smallest absolute Gasteiger partial charge is 0.324 e. The second-order valence-corrected chi connectivity index (χ2v) is 8.49. The van der Waals surface area contributed by atoms with Crippen LogP contribution >= 0.6 is 0 Å². The van der Waals surface area contributed by atoms with E-state index in [-0.39, 0.29) is 0 Å². The van der Waals surface area contributed by atoms with Gasteiger partial charge in [0.1, 0.15) is 5.82 Å². The summed E-state index contributed by atoms with van der Waals surface area (Å²) in [5.74, 6) is 0.0883. The lowest BCUT2D eigenvalue weighted by molar-refractivity contribution is 0.175. The molecule has 0 saturated carbocycles. The monoisotopic (exact) mass is 402 g/mol. The molecule has 0 radical (unpaired) electrons. The number of carbonyl (C=O) groups is 1. The van der Waals surface area contributed by atoms with Crippen molar-refractivity contribution in [3.63, 3.8) is 0 Å². The molecule has 1 N–H and O–H groups in total. The van der Waals surface area contributed by atoms with Crippen LogP contribution in [-0.4, -0.2) is 32.4 Å². The molecule has 1 heterocycles. The molecule has 2 aromatic carbocycles. The number of halogens is 1. The van der Waals surface area contributed by atoms with E-state index in [4.69, 9.17) is 0 Å². The van der Waals surface area contributed by atoms with Gasteiger partial charge in [-0.15, -0.1) is 0 Å². The Balaban J connectivity index is 1.50. The summed E-state index contributed by atoms with van der Waals surface area (Å²) in [4.78, 5) is 13.8. The summed E-state index contributed by atoms with van der Waals surface area (Å²) in [6.45, 7) is 1.06. The van der Waals surface area contributed by atoms with Crippen molar-refractivity contribution < 1.29 is 17.6 Å². The van der Waals surface area contributed by atoms with E-state index in [1.54, 1.807) is 0 Å². The van der Waals surface area contributed by atoms with Gasteiger partial charge in [-0.05, 0) is 54.5 Å². The minimum absolute atomic E-state index is 0.399.